The lowest BCUT2D eigenvalue weighted by molar-refractivity contribution is -0.00632. The Kier molecular flexibility index (Phi) is 5.69. The van der Waals surface area contributed by atoms with Crippen LogP contribution in [0.5, 0.6) is 0 Å². The van der Waals surface area contributed by atoms with E-state index in [4.69, 9.17) is 4.74 Å². The summed E-state index contributed by atoms with van der Waals surface area (Å²) in [6.45, 7) is 11.0. The predicted molar refractivity (Wildman–Crippen MR) is 68.9 cm³/mol. The highest BCUT2D eigenvalue weighted by Gasteiger charge is 2.26. The van der Waals surface area contributed by atoms with Crippen LogP contribution < -0.4 is 0 Å². The molecule has 4 heteroatoms. The maximum Gasteiger partial charge on any atom is 0.410 e. The number of hydrogen-bond acceptors (Lipinski definition) is 3. The van der Waals surface area contributed by atoms with E-state index in [2.05, 4.69) is 6.58 Å². The number of carbonyl (C=O) groups excluding carboxylic acids is 1. The van der Waals surface area contributed by atoms with Gasteiger partial charge in [0.15, 0.2) is 0 Å². The molecule has 0 fully saturated rings. The monoisotopic (exact) mass is 243 g/mol. The first-order valence-corrected chi connectivity index (χ1v) is 5.85. The number of carbonyl (C=O) groups is 1. The first kappa shape index (κ1) is 16.0. The Balaban J connectivity index is 4.28. The molecular formula is C13H25NO3. The molecule has 0 spiro atoms. The summed E-state index contributed by atoms with van der Waals surface area (Å²) in [4.78, 5) is 13.1. The number of nitrogens with zero attached hydrogens (tertiary/aromatic N) is 1. The second-order valence-electron chi connectivity index (χ2n) is 5.66. The average Bonchev–Trinajstić information content (AvgIpc) is 2.11. The van der Waals surface area contributed by atoms with Gasteiger partial charge >= 0.3 is 6.09 Å². The number of allylic oxidation sites excluding steroid dienone is 1. The van der Waals surface area contributed by atoms with Gasteiger partial charge in [0, 0.05) is 7.05 Å². The van der Waals surface area contributed by atoms with Crippen LogP contribution in [0, 0.1) is 0 Å². The van der Waals surface area contributed by atoms with Gasteiger partial charge in [-0.15, -0.1) is 6.58 Å². The number of hydrogen-bond donors (Lipinski definition) is 1. The standard InChI is InChI=1S/C13H25NO3/c1-7-8-9-13(5,16)10-14(6)11(15)17-12(2,3)4/h7,16H,1,8-10H2,2-6H3. The van der Waals surface area contributed by atoms with Gasteiger partial charge in [0.25, 0.3) is 0 Å². The third-order valence-electron chi connectivity index (χ3n) is 2.17. The van der Waals surface area contributed by atoms with E-state index >= 15 is 0 Å². The van der Waals surface area contributed by atoms with Crippen molar-refractivity contribution >= 4 is 6.09 Å². The molecule has 0 bridgehead atoms. The summed E-state index contributed by atoms with van der Waals surface area (Å²) in [6.07, 6.45) is 2.62. The van der Waals surface area contributed by atoms with Crippen LogP contribution in [0.25, 0.3) is 0 Å². The predicted octanol–water partition coefficient (Wildman–Crippen LogP) is 2.57. The zero-order valence-electron chi connectivity index (χ0n) is 11.6. The Hall–Kier alpha value is -1.03. The molecule has 0 rings (SSSR count). The van der Waals surface area contributed by atoms with Crippen molar-refractivity contribution in [2.24, 2.45) is 0 Å². The van der Waals surface area contributed by atoms with Gasteiger partial charge in [0.1, 0.15) is 5.60 Å². The van der Waals surface area contributed by atoms with E-state index in [0.717, 1.165) is 6.42 Å². The zero-order valence-corrected chi connectivity index (χ0v) is 11.6. The fraction of sp³-hybridized carbons (Fsp3) is 0.769. The van der Waals surface area contributed by atoms with E-state index in [-0.39, 0.29) is 6.54 Å². The smallest absolute Gasteiger partial charge is 0.410 e. The van der Waals surface area contributed by atoms with Crippen molar-refractivity contribution in [3.05, 3.63) is 12.7 Å². The maximum absolute atomic E-state index is 11.7. The van der Waals surface area contributed by atoms with Crippen LogP contribution >= 0.6 is 0 Å². The fourth-order valence-corrected chi connectivity index (χ4v) is 1.41. The van der Waals surface area contributed by atoms with Crippen molar-refractivity contribution in [1.82, 2.24) is 4.90 Å². The number of aliphatic hydroxyl groups is 1. The van der Waals surface area contributed by atoms with Gasteiger partial charge in [-0.25, -0.2) is 4.79 Å². The summed E-state index contributed by atoms with van der Waals surface area (Å²) in [6, 6.07) is 0. The first-order chi connectivity index (χ1) is 7.57. The van der Waals surface area contributed by atoms with E-state index in [0.29, 0.717) is 6.42 Å². The number of amides is 1. The van der Waals surface area contributed by atoms with E-state index in [1.807, 2.05) is 20.8 Å². The van der Waals surface area contributed by atoms with Gasteiger partial charge in [-0.1, -0.05) is 6.08 Å². The fourth-order valence-electron chi connectivity index (χ4n) is 1.41. The van der Waals surface area contributed by atoms with E-state index in [1.165, 1.54) is 4.90 Å². The summed E-state index contributed by atoms with van der Waals surface area (Å²) < 4.78 is 5.21. The molecule has 0 radical (unpaired) electrons. The molecule has 0 aromatic heterocycles. The highest BCUT2D eigenvalue weighted by molar-refractivity contribution is 5.67. The van der Waals surface area contributed by atoms with Crippen LogP contribution in [0.1, 0.15) is 40.5 Å². The Labute approximate surface area is 104 Å². The van der Waals surface area contributed by atoms with Gasteiger partial charge in [0.2, 0.25) is 0 Å². The molecular weight excluding hydrogens is 218 g/mol. The number of likely N-dealkylation sites (N-methyl/N-ethyl adjacent to an activating group) is 1. The minimum absolute atomic E-state index is 0.246. The lowest BCUT2D eigenvalue weighted by atomic mass is 10.00. The minimum Gasteiger partial charge on any atom is -0.444 e. The van der Waals surface area contributed by atoms with Crippen molar-refractivity contribution in [1.29, 1.82) is 0 Å². The number of ether oxygens (including phenoxy) is 1. The second kappa shape index (κ2) is 6.05. The van der Waals surface area contributed by atoms with Gasteiger partial charge < -0.3 is 14.7 Å². The molecule has 1 N–H and O–H groups in total. The van der Waals surface area contributed by atoms with Crippen LogP contribution in [0.2, 0.25) is 0 Å². The van der Waals surface area contributed by atoms with Crippen LogP contribution in [-0.2, 0) is 4.74 Å². The van der Waals surface area contributed by atoms with Gasteiger partial charge in [-0.05, 0) is 40.5 Å². The lowest BCUT2D eigenvalue weighted by Gasteiger charge is -2.30. The first-order valence-electron chi connectivity index (χ1n) is 5.85. The van der Waals surface area contributed by atoms with Crippen LogP contribution in [-0.4, -0.2) is 40.9 Å². The molecule has 0 aliphatic heterocycles. The highest BCUT2D eigenvalue weighted by Crippen LogP contribution is 2.16. The third-order valence-corrected chi connectivity index (χ3v) is 2.17. The normalized spacial score (nSPS) is 14.9. The molecule has 4 nitrogen and oxygen atoms in total. The van der Waals surface area contributed by atoms with Gasteiger partial charge in [-0.3, -0.25) is 0 Å². The molecule has 17 heavy (non-hydrogen) atoms. The zero-order chi connectivity index (χ0) is 13.7. The van der Waals surface area contributed by atoms with E-state index < -0.39 is 17.3 Å². The molecule has 0 aliphatic rings. The van der Waals surface area contributed by atoms with Crippen LogP contribution in [0.4, 0.5) is 4.79 Å². The summed E-state index contributed by atoms with van der Waals surface area (Å²) in [7, 11) is 1.62. The Bertz CT molecular complexity index is 266. The molecule has 0 aromatic carbocycles. The molecule has 100 valence electrons. The quantitative estimate of drug-likeness (QED) is 0.755. The van der Waals surface area contributed by atoms with E-state index in [9.17, 15) is 9.90 Å². The second-order valence-corrected chi connectivity index (χ2v) is 5.66. The summed E-state index contributed by atoms with van der Waals surface area (Å²) in [5.74, 6) is 0. The molecule has 1 unspecified atom stereocenters. The molecule has 0 aromatic rings. The highest BCUT2D eigenvalue weighted by atomic mass is 16.6. The van der Waals surface area contributed by atoms with Gasteiger partial charge in [0.05, 0.1) is 12.1 Å². The van der Waals surface area contributed by atoms with Crippen molar-refractivity contribution in [2.75, 3.05) is 13.6 Å². The lowest BCUT2D eigenvalue weighted by Crippen LogP contribution is -2.43. The van der Waals surface area contributed by atoms with Crippen molar-refractivity contribution in [3.8, 4) is 0 Å². The van der Waals surface area contributed by atoms with Crippen molar-refractivity contribution in [3.63, 3.8) is 0 Å². The molecule has 1 amide bonds. The number of rotatable bonds is 5. The molecule has 0 saturated heterocycles. The molecule has 0 saturated carbocycles. The Morgan fingerprint density at radius 3 is 2.35 bits per heavy atom. The van der Waals surface area contributed by atoms with Crippen LogP contribution in [0.15, 0.2) is 12.7 Å². The van der Waals surface area contributed by atoms with Crippen LogP contribution in [0.3, 0.4) is 0 Å². The van der Waals surface area contributed by atoms with E-state index in [1.54, 1.807) is 20.0 Å². The van der Waals surface area contributed by atoms with Crippen molar-refractivity contribution in [2.45, 2.75) is 51.7 Å². The molecule has 1 atom stereocenters. The van der Waals surface area contributed by atoms with Gasteiger partial charge in [-0.2, -0.15) is 0 Å². The summed E-state index contributed by atoms with van der Waals surface area (Å²) >= 11 is 0. The van der Waals surface area contributed by atoms with Crippen molar-refractivity contribution < 1.29 is 14.6 Å². The molecule has 0 heterocycles. The Morgan fingerprint density at radius 2 is 1.94 bits per heavy atom. The Morgan fingerprint density at radius 1 is 1.41 bits per heavy atom. The SMILES string of the molecule is C=CCCC(C)(O)CN(C)C(=O)OC(C)(C)C. The third kappa shape index (κ3) is 7.80. The maximum atomic E-state index is 11.7. The molecule has 0 aliphatic carbocycles. The summed E-state index contributed by atoms with van der Waals surface area (Å²) in [5, 5.41) is 10.1. The minimum atomic E-state index is -0.917. The largest absolute Gasteiger partial charge is 0.444 e. The topological polar surface area (TPSA) is 49.8 Å². The summed E-state index contributed by atoms with van der Waals surface area (Å²) in [5.41, 5.74) is -1.43. The average molecular weight is 243 g/mol.